The third-order valence-corrected chi connectivity index (χ3v) is 5.42. The van der Waals surface area contributed by atoms with Crippen molar-refractivity contribution in [3.63, 3.8) is 0 Å². The molecule has 3 rings (SSSR count). The molecule has 3 N–H and O–H groups in total. The van der Waals surface area contributed by atoms with Crippen molar-refractivity contribution in [2.24, 2.45) is 34.8 Å². The summed E-state index contributed by atoms with van der Waals surface area (Å²) < 4.78 is 0. The topological polar surface area (TPSA) is 38.0 Å². The summed E-state index contributed by atoms with van der Waals surface area (Å²) in [5, 5.41) is 3.74. The molecule has 0 aromatic heterocycles. The second kappa shape index (κ2) is 3.46. The van der Waals surface area contributed by atoms with Crippen LogP contribution in [0.2, 0.25) is 0 Å². The number of fused-ring (bicyclic) bond motifs is 5. The highest BCUT2D eigenvalue weighted by Crippen LogP contribution is 2.65. The van der Waals surface area contributed by atoms with Crippen LogP contribution in [0.25, 0.3) is 0 Å². The Kier molecular flexibility index (Phi) is 2.38. The number of hydrogen-bond acceptors (Lipinski definition) is 2. The van der Waals surface area contributed by atoms with Gasteiger partial charge in [-0.25, -0.2) is 0 Å². The first kappa shape index (κ1) is 11.0. The molecular weight excluding hydrogens is 196 g/mol. The molecule has 3 saturated carbocycles. The Morgan fingerprint density at radius 1 is 1.19 bits per heavy atom. The quantitative estimate of drug-likeness (QED) is 0.766. The fourth-order valence-electron chi connectivity index (χ4n) is 4.17. The zero-order chi connectivity index (χ0) is 11.5. The molecule has 0 heterocycles. The Morgan fingerprint density at radius 3 is 2.25 bits per heavy atom. The monoisotopic (exact) mass is 222 g/mol. The minimum Gasteiger partial charge on any atom is -0.326 e. The molecule has 0 saturated heterocycles. The summed E-state index contributed by atoms with van der Waals surface area (Å²) in [6.45, 7) is 7.70. The van der Waals surface area contributed by atoms with Crippen LogP contribution in [0.5, 0.6) is 0 Å². The van der Waals surface area contributed by atoms with Crippen molar-refractivity contribution in [3.05, 3.63) is 0 Å². The third kappa shape index (κ3) is 1.62. The van der Waals surface area contributed by atoms with Crippen molar-refractivity contribution < 1.29 is 0 Å². The molecule has 3 fully saturated rings. The van der Waals surface area contributed by atoms with E-state index in [1.54, 1.807) is 6.42 Å². The van der Waals surface area contributed by atoms with Crippen molar-refractivity contribution in [2.75, 3.05) is 6.54 Å². The Balaban J connectivity index is 1.49. The van der Waals surface area contributed by atoms with Gasteiger partial charge in [0.25, 0.3) is 0 Å². The summed E-state index contributed by atoms with van der Waals surface area (Å²) in [5.41, 5.74) is 6.43. The summed E-state index contributed by atoms with van der Waals surface area (Å²) in [4.78, 5) is 0. The molecule has 0 spiro atoms. The molecule has 3 aliphatic carbocycles. The van der Waals surface area contributed by atoms with Gasteiger partial charge < -0.3 is 11.1 Å². The van der Waals surface area contributed by atoms with Crippen molar-refractivity contribution in [2.45, 2.75) is 52.1 Å². The average Bonchev–Trinajstić information content (AvgIpc) is 2.61. The van der Waals surface area contributed by atoms with Gasteiger partial charge in [-0.1, -0.05) is 20.8 Å². The van der Waals surface area contributed by atoms with E-state index < -0.39 is 0 Å². The first-order valence-corrected chi connectivity index (χ1v) is 6.97. The highest BCUT2D eigenvalue weighted by atomic mass is 15.0. The van der Waals surface area contributed by atoms with E-state index in [0.717, 1.165) is 36.3 Å². The minimum absolute atomic E-state index is 0.232. The maximum atomic E-state index is 6.20. The maximum Gasteiger partial charge on any atom is 0.0214 e. The number of nitrogens with two attached hydrogens (primary N) is 1. The van der Waals surface area contributed by atoms with Gasteiger partial charge in [0.05, 0.1) is 0 Å². The van der Waals surface area contributed by atoms with Crippen molar-refractivity contribution >= 4 is 0 Å². The van der Waals surface area contributed by atoms with E-state index in [1.807, 2.05) is 0 Å². The predicted octanol–water partition coefficient (Wildman–Crippen LogP) is 1.99. The molecule has 2 bridgehead atoms. The molecular formula is C14H26N2. The van der Waals surface area contributed by atoms with Gasteiger partial charge in [-0.2, -0.15) is 0 Å². The van der Waals surface area contributed by atoms with E-state index >= 15 is 0 Å². The van der Waals surface area contributed by atoms with Crippen molar-refractivity contribution in [3.8, 4) is 0 Å². The van der Waals surface area contributed by atoms with Crippen LogP contribution in [0, 0.1) is 29.1 Å². The van der Waals surface area contributed by atoms with Gasteiger partial charge in [0.2, 0.25) is 0 Å². The van der Waals surface area contributed by atoms with Gasteiger partial charge in [-0.05, 0) is 48.3 Å². The Labute approximate surface area is 99.4 Å². The summed E-state index contributed by atoms with van der Waals surface area (Å²) in [7, 11) is 0. The van der Waals surface area contributed by atoms with E-state index in [1.165, 1.54) is 12.8 Å². The molecule has 5 atom stereocenters. The van der Waals surface area contributed by atoms with Crippen LogP contribution < -0.4 is 11.1 Å². The summed E-state index contributed by atoms with van der Waals surface area (Å²) in [6.07, 6.45) is 4.56. The van der Waals surface area contributed by atoms with Gasteiger partial charge in [0.15, 0.2) is 0 Å². The fraction of sp³-hybridized carbons (Fsp3) is 1.00. The summed E-state index contributed by atoms with van der Waals surface area (Å²) >= 11 is 0. The fourth-order valence-corrected chi connectivity index (χ4v) is 4.17. The molecule has 92 valence electrons. The highest BCUT2D eigenvalue weighted by molar-refractivity contribution is 5.16. The standard InChI is InChI=1S/C14H26N2/c1-14(2,3)10(15)7-16-13-11-8-4-5-9(6-8)12(11)13/h8-13,16H,4-7,15H2,1-3H3. The Morgan fingerprint density at radius 2 is 1.75 bits per heavy atom. The van der Waals surface area contributed by atoms with E-state index in [9.17, 15) is 0 Å². The van der Waals surface area contributed by atoms with Crippen molar-refractivity contribution in [1.29, 1.82) is 0 Å². The SMILES string of the molecule is CC(C)(C)C(N)CNC1C2C3CCC(C3)C12. The molecule has 0 aromatic carbocycles. The lowest BCUT2D eigenvalue weighted by molar-refractivity contribution is 0.302. The van der Waals surface area contributed by atoms with Crippen LogP contribution >= 0.6 is 0 Å². The van der Waals surface area contributed by atoms with Gasteiger partial charge in [-0.15, -0.1) is 0 Å². The lowest BCUT2D eigenvalue weighted by Gasteiger charge is -2.27. The number of hydrogen-bond donors (Lipinski definition) is 2. The Hall–Kier alpha value is -0.0800. The maximum absolute atomic E-state index is 6.20. The smallest absolute Gasteiger partial charge is 0.0214 e. The number of rotatable bonds is 3. The van der Waals surface area contributed by atoms with E-state index in [-0.39, 0.29) is 11.5 Å². The van der Waals surface area contributed by atoms with Crippen LogP contribution in [-0.2, 0) is 0 Å². The first-order chi connectivity index (χ1) is 7.48. The number of nitrogens with one attached hydrogen (secondary N) is 1. The van der Waals surface area contributed by atoms with Gasteiger partial charge >= 0.3 is 0 Å². The average molecular weight is 222 g/mol. The zero-order valence-corrected chi connectivity index (χ0v) is 10.9. The molecule has 0 amide bonds. The summed E-state index contributed by atoms with van der Waals surface area (Å²) in [6, 6.07) is 1.12. The summed E-state index contributed by atoms with van der Waals surface area (Å²) in [5.74, 6) is 4.20. The molecule has 2 heteroatoms. The predicted molar refractivity (Wildman–Crippen MR) is 67.0 cm³/mol. The largest absolute Gasteiger partial charge is 0.326 e. The van der Waals surface area contributed by atoms with Gasteiger partial charge in [0.1, 0.15) is 0 Å². The van der Waals surface area contributed by atoms with E-state index in [2.05, 4.69) is 26.1 Å². The molecule has 2 nitrogen and oxygen atoms in total. The van der Waals surface area contributed by atoms with Crippen LogP contribution in [0.15, 0.2) is 0 Å². The lowest BCUT2D eigenvalue weighted by atomic mass is 9.87. The highest BCUT2D eigenvalue weighted by Gasteiger charge is 2.64. The minimum atomic E-state index is 0.232. The van der Waals surface area contributed by atoms with Crippen LogP contribution in [0.4, 0.5) is 0 Å². The Bertz CT molecular complexity index is 265. The first-order valence-electron chi connectivity index (χ1n) is 6.97. The lowest BCUT2D eigenvalue weighted by Crippen LogP contribution is -2.44. The third-order valence-electron chi connectivity index (χ3n) is 5.42. The van der Waals surface area contributed by atoms with Crippen LogP contribution in [-0.4, -0.2) is 18.6 Å². The normalized spacial score (nSPS) is 46.9. The molecule has 16 heavy (non-hydrogen) atoms. The van der Waals surface area contributed by atoms with E-state index in [4.69, 9.17) is 5.73 Å². The zero-order valence-electron chi connectivity index (χ0n) is 10.9. The van der Waals surface area contributed by atoms with Gasteiger partial charge in [-0.3, -0.25) is 0 Å². The molecule has 5 unspecified atom stereocenters. The second-order valence-electron chi connectivity index (χ2n) is 7.39. The van der Waals surface area contributed by atoms with Crippen LogP contribution in [0.3, 0.4) is 0 Å². The van der Waals surface area contributed by atoms with E-state index in [0.29, 0.717) is 0 Å². The van der Waals surface area contributed by atoms with Gasteiger partial charge in [0, 0.05) is 18.6 Å². The molecule has 0 aliphatic heterocycles. The molecule has 0 aromatic rings. The molecule has 3 aliphatic rings. The van der Waals surface area contributed by atoms with Crippen molar-refractivity contribution in [1.82, 2.24) is 5.32 Å². The van der Waals surface area contributed by atoms with Crippen LogP contribution in [0.1, 0.15) is 40.0 Å². The second-order valence-corrected chi connectivity index (χ2v) is 7.39. The molecule has 0 radical (unpaired) electrons.